The molecule has 0 aliphatic heterocycles. The molecule has 0 saturated carbocycles. The lowest BCUT2D eigenvalue weighted by Crippen LogP contribution is -2.40. The summed E-state index contributed by atoms with van der Waals surface area (Å²) < 4.78 is 13.6. The number of halogens is 1. The molecule has 0 fully saturated rings. The van der Waals surface area contributed by atoms with Gasteiger partial charge in [0.2, 0.25) is 0 Å². The Morgan fingerprint density at radius 3 is 2.44 bits per heavy atom. The summed E-state index contributed by atoms with van der Waals surface area (Å²) in [6.07, 6.45) is 1.93. The van der Waals surface area contributed by atoms with Gasteiger partial charge in [-0.3, -0.25) is 4.79 Å². The molecule has 0 aromatic heterocycles. The molecule has 2 nitrogen and oxygen atoms in total. The van der Waals surface area contributed by atoms with E-state index >= 15 is 0 Å². The number of alkyl halides is 1. The maximum Gasteiger partial charge on any atom is 0.263 e. The second-order valence-corrected chi connectivity index (χ2v) is 4.86. The van der Waals surface area contributed by atoms with E-state index in [0.717, 1.165) is 10.6 Å². The first-order valence-electron chi connectivity index (χ1n) is 4.98. The van der Waals surface area contributed by atoms with Crippen molar-refractivity contribution < 1.29 is 9.18 Å². The fourth-order valence-electron chi connectivity index (χ4n) is 1.42. The molecule has 4 heteroatoms. The molecular weight excluding hydrogens is 225 g/mol. The van der Waals surface area contributed by atoms with E-state index in [1.54, 1.807) is 7.05 Å². The number of nitrogens with zero attached hydrogens (tertiary/aromatic N) is 1. The Kier molecular flexibility index (Phi) is 3.97. The lowest BCUT2D eigenvalue weighted by atomic mass is 10.1. The molecule has 1 aromatic carbocycles. The minimum Gasteiger partial charge on any atom is -0.312 e. The molecule has 0 spiro atoms. The first-order chi connectivity index (χ1) is 7.38. The summed E-state index contributed by atoms with van der Waals surface area (Å²) in [5.41, 5.74) is -1.11. The monoisotopic (exact) mass is 241 g/mol. The lowest BCUT2D eigenvalue weighted by Gasteiger charge is -2.24. The molecule has 88 valence electrons. The van der Waals surface area contributed by atoms with Crippen LogP contribution in [0.4, 0.5) is 10.1 Å². The lowest BCUT2D eigenvalue weighted by molar-refractivity contribution is -0.127. The van der Waals surface area contributed by atoms with Gasteiger partial charge in [-0.15, -0.1) is 11.8 Å². The van der Waals surface area contributed by atoms with Gasteiger partial charge < -0.3 is 4.90 Å². The standard InChI is InChI=1S/C12H16FNOS/c1-12(2,13)11(15)14(3)9-7-5-6-8-10(9)16-4/h5-8H,1-4H3. The van der Waals surface area contributed by atoms with Crippen molar-refractivity contribution >= 4 is 23.4 Å². The fraction of sp³-hybridized carbons (Fsp3) is 0.417. The van der Waals surface area contributed by atoms with E-state index in [2.05, 4.69) is 0 Å². The van der Waals surface area contributed by atoms with Crippen LogP contribution >= 0.6 is 11.8 Å². The van der Waals surface area contributed by atoms with Gasteiger partial charge in [0.05, 0.1) is 5.69 Å². The summed E-state index contributed by atoms with van der Waals surface area (Å²) in [5.74, 6) is -0.533. The molecule has 0 unspecified atom stereocenters. The number of hydrogen-bond donors (Lipinski definition) is 0. The largest absolute Gasteiger partial charge is 0.312 e. The smallest absolute Gasteiger partial charge is 0.263 e. The van der Waals surface area contributed by atoms with E-state index in [0.29, 0.717) is 0 Å². The number of carbonyl (C=O) groups is 1. The number of para-hydroxylation sites is 1. The summed E-state index contributed by atoms with van der Waals surface area (Å²) in [7, 11) is 1.60. The quantitative estimate of drug-likeness (QED) is 0.758. The number of anilines is 1. The van der Waals surface area contributed by atoms with Crippen LogP contribution in [-0.4, -0.2) is 24.9 Å². The summed E-state index contributed by atoms with van der Waals surface area (Å²) in [5, 5.41) is 0. The summed E-state index contributed by atoms with van der Waals surface area (Å²) >= 11 is 1.54. The molecule has 1 aromatic rings. The van der Waals surface area contributed by atoms with Crippen LogP contribution in [0, 0.1) is 0 Å². The van der Waals surface area contributed by atoms with Crippen molar-refractivity contribution in [2.75, 3.05) is 18.2 Å². The number of hydrogen-bond acceptors (Lipinski definition) is 2. The average molecular weight is 241 g/mol. The van der Waals surface area contributed by atoms with Gasteiger partial charge in [-0.05, 0) is 32.2 Å². The molecular formula is C12H16FNOS. The van der Waals surface area contributed by atoms with Gasteiger partial charge in [0.15, 0.2) is 5.67 Å². The van der Waals surface area contributed by atoms with Crippen LogP contribution in [0.1, 0.15) is 13.8 Å². The van der Waals surface area contributed by atoms with E-state index in [9.17, 15) is 9.18 Å². The van der Waals surface area contributed by atoms with Crippen molar-refractivity contribution in [3.63, 3.8) is 0 Å². The SMILES string of the molecule is CSc1ccccc1N(C)C(=O)C(C)(C)F. The van der Waals surface area contributed by atoms with E-state index in [1.165, 1.54) is 30.5 Å². The van der Waals surface area contributed by atoms with Crippen LogP contribution in [0.15, 0.2) is 29.2 Å². The molecule has 0 atom stereocenters. The third-order valence-electron chi connectivity index (χ3n) is 2.26. The highest BCUT2D eigenvalue weighted by Crippen LogP contribution is 2.29. The Morgan fingerprint density at radius 2 is 1.94 bits per heavy atom. The second kappa shape index (κ2) is 4.87. The topological polar surface area (TPSA) is 20.3 Å². The number of carbonyl (C=O) groups excluding carboxylic acids is 1. The molecule has 0 heterocycles. The van der Waals surface area contributed by atoms with Crippen LogP contribution in [0.25, 0.3) is 0 Å². The van der Waals surface area contributed by atoms with Crippen molar-refractivity contribution in [3.8, 4) is 0 Å². The normalized spacial score (nSPS) is 11.3. The van der Waals surface area contributed by atoms with Gasteiger partial charge in [0.25, 0.3) is 5.91 Å². The predicted molar refractivity (Wildman–Crippen MR) is 66.8 cm³/mol. The van der Waals surface area contributed by atoms with Gasteiger partial charge in [0, 0.05) is 11.9 Å². The summed E-state index contributed by atoms with van der Waals surface area (Å²) in [4.78, 5) is 14.1. The zero-order valence-electron chi connectivity index (χ0n) is 9.95. The Labute approximate surface area is 99.8 Å². The fourth-order valence-corrected chi connectivity index (χ4v) is 2.04. The number of rotatable bonds is 3. The van der Waals surface area contributed by atoms with Crippen LogP contribution in [0.5, 0.6) is 0 Å². The maximum atomic E-state index is 13.6. The van der Waals surface area contributed by atoms with Gasteiger partial charge in [-0.1, -0.05) is 12.1 Å². The third-order valence-corrected chi connectivity index (χ3v) is 3.04. The molecule has 0 bridgehead atoms. The molecule has 0 N–H and O–H groups in total. The second-order valence-electron chi connectivity index (χ2n) is 4.01. The number of thioether (sulfide) groups is 1. The van der Waals surface area contributed by atoms with E-state index < -0.39 is 11.6 Å². The molecule has 0 radical (unpaired) electrons. The summed E-state index contributed by atoms with van der Waals surface area (Å²) in [6, 6.07) is 7.46. The van der Waals surface area contributed by atoms with E-state index in [4.69, 9.17) is 0 Å². The van der Waals surface area contributed by atoms with E-state index in [1.807, 2.05) is 30.5 Å². The molecule has 0 aliphatic rings. The molecule has 16 heavy (non-hydrogen) atoms. The van der Waals surface area contributed by atoms with Crippen LogP contribution in [-0.2, 0) is 4.79 Å². The van der Waals surface area contributed by atoms with Gasteiger partial charge >= 0.3 is 0 Å². The van der Waals surface area contributed by atoms with Crippen molar-refractivity contribution in [2.45, 2.75) is 24.4 Å². The minimum atomic E-state index is -1.85. The van der Waals surface area contributed by atoms with Crippen LogP contribution < -0.4 is 4.90 Å². The maximum absolute atomic E-state index is 13.6. The van der Waals surface area contributed by atoms with Gasteiger partial charge in [-0.25, -0.2) is 4.39 Å². The molecule has 1 amide bonds. The number of amides is 1. The molecule has 0 saturated heterocycles. The zero-order valence-corrected chi connectivity index (χ0v) is 10.8. The van der Waals surface area contributed by atoms with Crippen LogP contribution in [0.2, 0.25) is 0 Å². The van der Waals surface area contributed by atoms with Gasteiger partial charge in [-0.2, -0.15) is 0 Å². The number of benzene rings is 1. The third kappa shape index (κ3) is 2.76. The van der Waals surface area contributed by atoms with Crippen molar-refractivity contribution in [2.24, 2.45) is 0 Å². The first kappa shape index (κ1) is 13.0. The zero-order chi connectivity index (χ0) is 12.3. The van der Waals surface area contributed by atoms with Crippen molar-refractivity contribution in [1.82, 2.24) is 0 Å². The Morgan fingerprint density at radius 1 is 1.38 bits per heavy atom. The average Bonchev–Trinajstić information content (AvgIpc) is 2.25. The highest BCUT2D eigenvalue weighted by molar-refractivity contribution is 7.98. The van der Waals surface area contributed by atoms with Crippen molar-refractivity contribution in [3.05, 3.63) is 24.3 Å². The Bertz CT molecular complexity index is 387. The molecule has 0 aliphatic carbocycles. The highest BCUT2D eigenvalue weighted by Gasteiger charge is 2.31. The van der Waals surface area contributed by atoms with Crippen LogP contribution in [0.3, 0.4) is 0 Å². The van der Waals surface area contributed by atoms with Crippen molar-refractivity contribution in [1.29, 1.82) is 0 Å². The van der Waals surface area contributed by atoms with E-state index in [-0.39, 0.29) is 0 Å². The van der Waals surface area contributed by atoms with Gasteiger partial charge in [0.1, 0.15) is 0 Å². The Balaban J connectivity index is 3.05. The summed E-state index contributed by atoms with van der Waals surface area (Å²) in [6.45, 7) is 2.54. The predicted octanol–water partition coefficient (Wildman–Crippen LogP) is 3.12. The minimum absolute atomic E-state index is 0.533. The molecule has 1 rings (SSSR count). The highest BCUT2D eigenvalue weighted by atomic mass is 32.2. The Hall–Kier alpha value is -1.03. The first-order valence-corrected chi connectivity index (χ1v) is 6.20.